The van der Waals surface area contributed by atoms with Crippen molar-refractivity contribution < 1.29 is 79.6 Å². The molecule has 3 fully saturated rings. The highest BCUT2D eigenvalue weighted by atomic mass is 16.5. The molecule has 442 valence electrons. The number of nitrogens with one attached hydrogen (secondary N) is 5. The third-order valence-corrected chi connectivity index (χ3v) is 14.7. The standard InChI is InChI=1S/C52H88N10O16/c1-3-4-5-6-7-8-9-10-11-12-42(70)56-38-24-34(65)23-32(62(78)22-20-54)27-55-51(76)45-41(69)18-21-60(45)28-35(66)25-37(40(68)17-19-53)57-50(75)44(47(72)46(71)31-13-15-33(64)16-14-31)59-49(74)39-26-36(67)29-61(39)52(77)43(30(2)63)58-48(38)73/h13-16,30,32,34,36-41,43-47,63-65,67-69,71-72,78H,3-12,17-29,53-54H2,1-2H3,(H,55,76)(H,56,70)(H,57,75)(H,58,73)(H,59,74)/t30-,32-,34+,36-,37-,38+,39+,40-,41+,43?,44?,45?,46+,47+/m1/s1. The number of Topliss-reactive ketones (excluding diaryl/α,β-unsaturated/α-hetero) is 1. The van der Waals surface area contributed by atoms with Crippen LogP contribution in [0.1, 0.15) is 128 Å². The van der Waals surface area contributed by atoms with E-state index in [1.807, 2.05) is 0 Å². The van der Waals surface area contributed by atoms with Gasteiger partial charge in [0.25, 0.3) is 0 Å². The van der Waals surface area contributed by atoms with Gasteiger partial charge in [-0.05, 0) is 56.8 Å². The van der Waals surface area contributed by atoms with Crippen LogP contribution in [0.25, 0.3) is 0 Å². The Morgan fingerprint density at radius 2 is 1.44 bits per heavy atom. The summed E-state index contributed by atoms with van der Waals surface area (Å²) in [6.45, 7) is 1.62. The number of aliphatic hydroxyl groups is 7. The maximum atomic E-state index is 14.5. The molecule has 3 unspecified atom stereocenters. The molecule has 3 aliphatic heterocycles. The Balaban J connectivity index is 1.75. The Labute approximate surface area is 455 Å². The quantitative estimate of drug-likeness (QED) is 0.0417. The molecule has 14 atom stereocenters. The Morgan fingerprint density at radius 1 is 0.795 bits per heavy atom. The molecule has 0 aliphatic carbocycles. The molecule has 1 aromatic carbocycles. The maximum Gasteiger partial charge on any atom is 0.248 e. The number of hydroxylamine groups is 2. The van der Waals surface area contributed by atoms with E-state index >= 15 is 0 Å². The molecule has 26 nitrogen and oxygen atoms in total. The summed E-state index contributed by atoms with van der Waals surface area (Å²) in [6, 6.07) is -6.30. The first-order chi connectivity index (χ1) is 37.1. The SMILES string of the molecule is CCCCCCCCCCCC(=O)N[C@H]1C[C@@H](O)C[C@@H](N(O)CCN)CNC(=O)C2[C@@H](O)CCN2CC(=O)C[C@H]([C@H](O)CCN)NC(=O)C([C@H](O)[C@@H](O)c2ccc(O)cc2)NC(=O)[C@@H]2C[C@@H](O)CN2C(=O)C([C@@H](C)O)NC1=O. The number of ketones is 1. The van der Waals surface area contributed by atoms with E-state index in [0.717, 1.165) is 61.8 Å². The minimum atomic E-state index is -2.22. The van der Waals surface area contributed by atoms with Crippen molar-refractivity contribution in [2.75, 3.05) is 45.8 Å². The number of aromatic hydroxyl groups is 1. The number of unbranched alkanes of at least 4 members (excludes halogenated alkanes) is 8. The van der Waals surface area contributed by atoms with Gasteiger partial charge in [-0.2, -0.15) is 5.06 Å². The van der Waals surface area contributed by atoms with Crippen molar-refractivity contribution in [2.24, 2.45) is 11.5 Å². The summed E-state index contributed by atoms with van der Waals surface area (Å²) in [4.78, 5) is 101. The van der Waals surface area contributed by atoms with Gasteiger partial charge in [-0.1, -0.05) is 70.4 Å². The molecular weight excluding hydrogens is 1020 g/mol. The van der Waals surface area contributed by atoms with Crippen molar-refractivity contribution in [3.8, 4) is 5.75 Å². The molecule has 18 N–H and O–H groups in total. The maximum absolute atomic E-state index is 14.5. The summed E-state index contributed by atoms with van der Waals surface area (Å²) in [6.07, 6.45) is -4.93. The molecule has 3 saturated heterocycles. The molecule has 0 aromatic heterocycles. The minimum Gasteiger partial charge on any atom is -0.508 e. The predicted molar refractivity (Wildman–Crippen MR) is 281 cm³/mol. The minimum absolute atomic E-state index is 0.00322. The molecular formula is C52H88N10O16. The van der Waals surface area contributed by atoms with Gasteiger partial charge in [0.1, 0.15) is 53.9 Å². The fourth-order valence-corrected chi connectivity index (χ4v) is 10.3. The summed E-state index contributed by atoms with van der Waals surface area (Å²) in [5.41, 5.74) is 11.5. The van der Waals surface area contributed by atoms with E-state index in [1.165, 1.54) is 35.6 Å². The van der Waals surface area contributed by atoms with Crippen LogP contribution in [0.4, 0.5) is 0 Å². The zero-order valence-electron chi connectivity index (χ0n) is 45.0. The lowest BCUT2D eigenvalue weighted by atomic mass is 9.96. The Kier molecular flexibility index (Phi) is 27.7. The van der Waals surface area contributed by atoms with Crippen molar-refractivity contribution in [1.29, 1.82) is 0 Å². The van der Waals surface area contributed by atoms with Gasteiger partial charge in [-0.25, -0.2) is 0 Å². The summed E-state index contributed by atoms with van der Waals surface area (Å²) >= 11 is 0. The molecule has 0 bridgehead atoms. The highest BCUT2D eigenvalue weighted by molar-refractivity contribution is 5.96. The van der Waals surface area contributed by atoms with Gasteiger partial charge in [0, 0.05) is 58.4 Å². The third-order valence-electron chi connectivity index (χ3n) is 14.7. The number of carbonyl (C=O) groups excluding carboxylic acids is 7. The van der Waals surface area contributed by atoms with Gasteiger partial charge in [0.2, 0.25) is 35.4 Å². The number of hydrogen-bond donors (Lipinski definition) is 16. The second-order valence-corrected chi connectivity index (χ2v) is 21.1. The van der Waals surface area contributed by atoms with E-state index < -0.39 is 159 Å². The fraction of sp³-hybridized carbons (Fsp3) is 0.750. The third kappa shape index (κ3) is 20.0. The fourth-order valence-electron chi connectivity index (χ4n) is 10.3. The number of nitrogens with two attached hydrogens (primary N) is 2. The zero-order valence-corrected chi connectivity index (χ0v) is 45.0. The van der Waals surface area contributed by atoms with E-state index in [-0.39, 0.29) is 69.7 Å². The number of hydrogen-bond acceptors (Lipinski definition) is 20. The van der Waals surface area contributed by atoms with Crippen LogP contribution in [-0.4, -0.2) is 227 Å². The van der Waals surface area contributed by atoms with Crippen LogP contribution in [0.2, 0.25) is 0 Å². The molecule has 0 saturated carbocycles. The van der Waals surface area contributed by atoms with Crippen LogP contribution in [0.5, 0.6) is 5.75 Å². The molecule has 0 spiro atoms. The Bertz CT molecular complexity index is 2080. The van der Waals surface area contributed by atoms with Gasteiger partial charge < -0.3 is 89.0 Å². The number of amides is 6. The van der Waals surface area contributed by atoms with E-state index in [2.05, 4.69) is 33.5 Å². The first-order valence-corrected chi connectivity index (χ1v) is 27.6. The van der Waals surface area contributed by atoms with Crippen molar-refractivity contribution >= 4 is 41.2 Å². The van der Waals surface area contributed by atoms with Crippen LogP contribution in [0.3, 0.4) is 0 Å². The number of rotatable bonds is 21. The summed E-state index contributed by atoms with van der Waals surface area (Å²) in [7, 11) is 0. The highest BCUT2D eigenvalue weighted by Gasteiger charge is 2.46. The van der Waals surface area contributed by atoms with Gasteiger partial charge in [-0.3, -0.25) is 38.5 Å². The molecule has 4 rings (SSSR count). The van der Waals surface area contributed by atoms with Crippen molar-refractivity contribution in [3.63, 3.8) is 0 Å². The summed E-state index contributed by atoms with van der Waals surface area (Å²) in [5.74, 6) is -6.76. The molecule has 78 heavy (non-hydrogen) atoms. The number of phenols is 1. The molecule has 3 aliphatic rings. The van der Waals surface area contributed by atoms with Crippen molar-refractivity contribution in [3.05, 3.63) is 29.8 Å². The molecule has 6 amide bonds. The summed E-state index contributed by atoms with van der Waals surface area (Å²) in [5, 5.41) is 113. The first-order valence-electron chi connectivity index (χ1n) is 27.6. The lowest BCUT2D eigenvalue weighted by molar-refractivity contribution is -0.146. The number of benzene rings is 1. The predicted octanol–water partition coefficient (Wildman–Crippen LogP) is -3.62. The van der Waals surface area contributed by atoms with E-state index in [4.69, 9.17) is 11.5 Å². The summed E-state index contributed by atoms with van der Waals surface area (Å²) < 4.78 is 0. The lowest BCUT2D eigenvalue weighted by Crippen LogP contribution is -2.62. The van der Waals surface area contributed by atoms with Crippen molar-refractivity contribution in [1.82, 2.24) is 41.4 Å². The molecule has 26 heteroatoms. The number of phenolic OH excluding ortho intramolecular Hbond substituents is 1. The topological polar surface area (TPSA) is 423 Å². The molecule has 1 aromatic rings. The van der Waals surface area contributed by atoms with Crippen molar-refractivity contribution in [2.45, 2.75) is 202 Å². The second-order valence-electron chi connectivity index (χ2n) is 21.1. The van der Waals surface area contributed by atoms with Gasteiger partial charge in [0.15, 0.2) is 0 Å². The first kappa shape index (κ1) is 65.5. The zero-order chi connectivity index (χ0) is 57.6. The number of aliphatic hydroxyl groups excluding tert-OH is 7. The second kappa shape index (κ2) is 32.9. The van der Waals surface area contributed by atoms with Crippen LogP contribution in [-0.2, 0) is 33.6 Å². The van der Waals surface area contributed by atoms with Crippen LogP contribution >= 0.6 is 0 Å². The Morgan fingerprint density at radius 3 is 2.06 bits per heavy atom. The highest BCUT2D eigenvalue weighted by Crippen LogP contribution is 2.26. The Hall–Kier alpha value is -4.97. The molecule has 0 radical (unpaired) electrons. The molecule has 3 heterocycles. The van der Waals surface area contributed by atoms with Gasteiger partial charge in [-0.15, -0.1) is 0 Å². The smallest absolute Gasteiger partial charge is 0.248 e. The van der Waals surface area contributed by atoms with Gasteiger partial charge in [0.05, 0.1) is 49.1 Å². The number of fused-ring (bicyclic) bond motifs is 2. The average Bonchev–Trinajstić information content (AvgIpc) is 3.99. The van der Waals surface area contributed by atoms with Crippen LogP contribution in [0, 0.1) is 0 Å². The van der Waals surface area contributed by atoms with E-state index in [9.17, 15) is 79.6 Å². The normalized spacial score (nSPS) is 28.5. The average molecular weight is 1110 g/mol. The lowest BCUT2D eigenvalue weighted by Gasteiger charge is -2.33. The number of carbonyl (C=O) groups is 7. The number of nitrogens with zero attached hydrogens (tertiary/aromatic N) is 3. The van der Waals surface area contributed by atoms with E-state index in [1.54, 1.807) is 0 Å². The van der Waals surface area contributed by atoms with Gasteiger partial charge >= 0.3 is 0 Å². The van der Waals surface area contributed by atoms with E-state index in [0.29, 0.717) is 6.42 Å². The monoisotopic (exact) mass is 1110 g/mol. The van der Waals surface area contributed by atoms with Crippen LogP contribution in [0.15, 0.2) is 24.3 Å². The van der Waals surface area contributed by atoms with Crippen LogP contribution < -0.4 is 38.1 Å². The largest absolute Gasteiger partial charge is 0.508 e.